The molecule has 0 saturated carbocycles. The summed E-state index contributed by atoms with van der Waals surface area (Å²) in [5.74, 6) is -0.0741. The van der Waals surface area contributed by atoms with Crippen molar-refractivity contribution in [1.82, 2.24) is 14.9 Å². The number of hydrogen-bond donors (Lipinski definition) is 2. The van der Waals surface area contributed by atoms with Gasteiger partial charge < -0.3 is 28.9 Å². The van der Waals surface area contributed by atoms with Gasteiger partial charge in [-0.25, -0.2) is 4.98 Å². The Morgan fingerprint density at radius 1 is 1.07 bits per heavy atom. The lowest BCUT2D eigenvalue weighted by atomic mass is 10.2. The minimum absolute atomic E-state index is 0.0547. The van der Waals surface area contributed by atoms with Gasteiger partial charge in [0.15, 0.2) is 20.4 Å². The molecule has 0 unspecified atom stereocenters. The lowest BCUT2D eigenvalue weighted by Crippen LogP contribution is -2.43. The number of nitrogens with one attached hydrogen (secondary N) is 1. The summed E-state index contributed by atoms with van der Waals surface area (Å²) in [5.41, 5.74) is 0.740. The summed E-state index contributed by atoms with van der Waals surface area (Å²) in [4.78, 5) is 29.8. The molecule has 2 aromatic heterocycles. The van der Waals surface area contributed by atoms with Crippen molar-refractivity contribution in [2.24, 2.45) is 0 Å². The minimum Gasteiger partial charge on any atom is -0.491 e. The number of aromatic nitrogens is 2. The number of aryl methyl sites for hydroxylation is 1. The van der Waals surface area contributed by atoms with E-state index in [4.69, 9.17) is 53.8 Å². The van der Waals surface area contributed by atoms with Crippen molar-refractivity contribution in [2.45, 2.75) is 45.8 Å². The lowest BCUT2D eigenvalue weighted by molar-refractivity contribution is -0.123. The Morgan fingerprint density at radius 2 is 1.73 bits per heavy atom. The van der Waals surface area contributed by atoms with E-state index < -0.39 is 13.7 Å². The maximum atomic E-state index is 13.1. The van der Waals surface area contributed by atoms with E-state index in [9.17, 15) is 9.59 Å². The van der Waals surface area contributed by atoms with Gasteiger partial charge in [0.2, 0.25) is 5.88 Å². The molecule has 0 aliphatic heterocycles. The van der Waals surface area contributed by atoms with E-state index in [1.165, 1.54) is 12.3 Å². The van der Waals surface area contributed by atoms with Crippen molar-refractivity contribution in [3.63, 3.8) is 0 Å². The fourth-order valence-corrected chi connectivity index (χ4v) is 5.61. The van der Waals surface area contributed by atoms with Gasteiger partial charge in [0, 0.05) is 30.4 Å². The van der Waals surface area contributed by atoms with Crippen molar-refractivity contribution in [3.8, 4) is 17.3 Å². The van der Waals surface area contributed by atoms with Crippen LogP contribution < -0.4 is 20.2 Å². The van der Waals surface area contributed by atoms with E-state index in [2.05, 4.69) is 44.2 Å². The van der Waals surface area contributed by atoms with Crippen molar-refractivity contribution in [1.29, 1.82) is 0 Å². The molecule has 40 heavy (non-hydrogen) atoms. The number of ether oxygens (including phenoxy) is 2. The molecule has 0 atom stereocenters. The zero-order valence-electron chi connectivity index (χ0n) is 23.4. The third kappa shape index (κ3) is 7.29. The highest BCUT2D eigenvalue weighted by Crippen LogP contribution is 2.38. The smallest absolute Gasteiger partial charge is 0.258 e. The number of carbonyl (C=O) groups excluding carboxylic acids is 1. The topological polar surface area (TPSA) is 112 Å². The van der Waals surface area contributed by atoms with E-state index in [1.807, 2.05) is 0 Å². The largest absolute Gasteiger partial charge is 0.491 e. The molecule has 3 rings (SSSR count). The van der Waals surface area contributed by atoms with Crippen LogP contribution in [-0.4, -0.2) is 61.9 Å². The van der Waals surface area contributed by atoms with Crippen molar-refractivity contribution >= 4 is 59.9 Å². The average Bonchev–Trinajstić information content (AvgIpc) is 2.85. The monoisotopic (exact) mass is 629 g/mol. The fraction of sp³-hybridized carbons (Fsp3) is 0.444. The molecule has 0 fully saturated rings. The molecule has 0 bridgehead atoms. The van der Waals surface area contributed by atoms with Crippen LogP contribution in [0.15, 0.2) is 29.2 Å². The highest BCUT2D eigenvalue weighted by Gasteiger charge is 2.36. The number of nitrogens with zero attached hydrogens (tertiary/aromatic N) is 2. The summed E-state index contributed by atoms with van der Waals surface area (Å²) in [5, 5.41) is 12.5. The predicted molar refractivity (Wildman–Crippen MR) is 161 cm³/mol. The molecular weight excluding hydrogens is 597 g/mol. The molecule has 3 aromatic rings. The second-order valence-electron chi connectivity index (χ2n) is 10.7. The maximum Gasteiger partial charge on any atom is 0.258 e. The molecule has 13 heteroatoms. The molecule has 2 N–H and O–H groups in total. The number of rotatable bonds is 11. The Balaban J connectivity index is 1.87. The molecule has 0 aliphatic rings. The van der Waals surface area contributed by atoms with Crippen LogP contribution in [0, 0.1) is 6.92 Å². The van der Waals surface area contributed by atoms with Crippen molar-refractivity contribution in [2.75, 3.05) is 33.0 Å². The van der Waals surface area contributed by atoms with E-state index >= 15 is 0 Å². The molecule has 0 spiro atoms. The molecule has 2 heterocycles. The predicted octanol–water partition coefficient (Wildman–Crippen LogP) is 5.54. The van der Waals surface area contributed by atoms with Gasteiger partial charge in [-0.3, -0.25) is 9.59 Å². The number of benzene rings is 1. The van der Waals surface area contributed by atoms with Crippen LogP contribution in [-0.2, 0) is 9.22 Å². The molecule has 218 valence electrons. The van der Waals surface area contributed by atoms with Crippen LogP contribution in [0.3, 0.4) is 0 Å². The van der Waals surface area contributed by atoms with E-state index in [0.29, 0.717) is 30.3 Å². The summed E-state index contributed by atoms with van der Waals surface area (Å²) in [6, 6.07) is 4.48. The van der Waals surface area contributed by atoms with Crippen molar-refractivity contribution in [3.05, 3.63) is 55.4 Å². The first-order valence-corrected chi connectivity index (χ1v) is 16.7. The first kappa shape index (κ1) is 32.2. The first-order valence-electron chi connectivity index (χ1n) is 12.7. The number of amides is 1. The Labute approximate surface area is 249 Å². The molecule has 0 aliphatic carbocycles. The minimum atomic E-state index is -1.92. The lowest BCUT2D eigenvalue weighted by Gasteiger charge is -2.36. The van der Waals surface area contributed by atoms with Crippen LogP contribution >= 0.6 is 34.8 Å². The fourth-order valence-electron chi connectivity index (χ4n) is 3.70. The average molecular weight is 631 g/mol. The Kier molecular flexibility index (Phi) is 10.5. The number of aliphatic hydroxyl groups is 1. The third-order valence-corrected chi connectivity index (χ3v) is 12.1. The third-order valence-electron chi connectivity index (χ3n) is 6.74. The van der Waals surface area contributed by atoms with Crippen molar-refractivity contribution < 1.29 is 23.8 Å². The molecule has 0 saturated heterocycles. The van der Waals surface area contributed by atoms with E-state index in [-0.39, 0.29) is 62.6 Å². The highest BCUT2D eigenvalue weighted by molar-refractivity contribution is 6.74. The zero-order chi connectivity index (χ0) is 29.8. The van der Waals surface area contributed by atoms with Gasteiger partial charge in [-0.15, -0.1) is 0 Å². The van der Waals surface area contributed by atoms with Gasteiger partial charge in [0.25, 0.3) is 5.91 Å². The zero-order valence-corrected chi connectivity index (χ0v) is 26.6. The Bertz CT molecular complexity index is 1430. The summed E-state index contributed by atoms with van der Waals surface area (Å²) < 4.78 is 18.8. The molecular formula is C27H34Cl3N3O6Si. The molecule has 0 radical (unpaired) electrons. The summed E-state index contributed by atoms with van der Waals surface area (Å²) in [6.07, 6.45) is 1.33. The van der Waals surface area contributed by atoms with Gasteiger partial charge in [0.05, 0.1) is 45.7 Å². The number of halogens is 3. The summed E-state index contributed by atoms with van der Waals surface area (Å²) in [7, 11) is -1.92. The molecule has 1 amide bonds. The van der Waals surface area contributed by atoms with Crippen LogP contribution in [0.5, 0.6) is 11.6 Å². The van der Waals surface area contributed by atoms with Gasteiger partial charge in [-0.2, -0.15) is 0 Å². The van der Waals surface area contributed by atoms with Crippen LogP contribution in [0.4, 0.5) is 0 Å². The second kappa shape index (κ2) is 13.1. The molecule has 9 nitrogen and oxygen atoms in total. The summed E-state index contributed by atoms with van der Waals surface area (Å²) in [6.45, 7) is 12.7. The van der Waals surface area contributed by atoms with Gasteiger partial charge in [-0.1, -0.05) is 55.6 Å². The van der Waals surface area contributed by atoms with Crippen LogP contribution in [0.1, 0.15) is 26.5 Å². The van der Waals surface area contributed by atoms with Crippen LogP contribution in [0.25, 0.3) is 16.6 Å². The Hall–Kier alpha value is -2.34. The molecule has 1 aromatic carbocycles. The first-order chi connectivity index (χ1) is 18.7. The quantitative estimate of drug-likeness (QED) is 0.211. The van der Waals surface area contributed by atoms with Gasteiger partial charge in [-0.05, 0) is 25.1 Å². The number of pyridine rings is 2. The van der Waals surface area contributed by atoms with Crippen LogP contribution in [0.2, 0.25) is 33.2 Å². The van der Waals surface area contributed by atoms with E-state index in [0.717, 1.165) is 0 Å². The number of fused-ring (bicyclic) bond motifs is 1. The number of hydrogen-bond acceptors (Lipinski definition) is 7. The van der Waals surface area contributed by atoms with Gasteiger partial charge in [0.1, 0.15) is 17.7 Å². The maximum absolute atomic E-state index is 13.1. The van der Waals surface area contributed by atoms with Gasteiger partial charge >= 0.3 is 0 Å². The summed E-state index contributed by atoms with van der Waals surface area (Å²) >= 11 is 19.7. The van der Waals surface area contributed by atoms with E-state index in [1.54, 1.807) is 23.6 Å². The number of carbonyl (C=O) groups is 1. The second-order valence-corrected chi connectivity index (χ2v) is 16.7. The number of aliphatic hydroxyl groups excluding tert-OH is 1. The standard InChI is InChI=1S/C27H34Cl3N3O6Si/c1-16-11-21(35)23-25(33(16)24-18(28)12-17(13-19(24)29)37-10-8-34)20(30)14-32-26(23)38-15-22(36)31-7-9-39-40(5,6)27(2,3)4/h11-14,34H,7-10,15H2,1-6H3,(H,31,36). The highest BCUT2D eigenvalue weighted by atomic mass is 35.5. The SMILES string of the molecule is Cc1cc(=O)c2c(OCC(=O)NCCO[Si](C)(C)C(C)(C)C)ncc(Cl)c2n1-c1c(Cl)cc(OCCO)cc1Cl. The normalized spacial score (nSPS) is 12.1. The Morgan fingerprint density at radius 3 is 2.33 bits per heavy atom.